The van der Waals surface area contributed by atoms with E-state index in [9.17, 15) is 26.7 Å². The summed E-state index contributed by atoms with van der Waals surface area (Å²) in [6, 6.07) is 0.738. The summed E-state index contributed by atoms with van der Waals surface area (Å²) >= 11 is 1.38. The minimum atomic E-state index is -5.89. The first-order chi connectivity index (χ1) is 8.46. The number of carbonyl (C=O) groups is 1. The van der Waals surface area contributed by atoms with E-state index in [0.29, 0.717) is 5.56 Å². The molecule has 0 aliphatic rings. The summed E-state index contributed by atoms with van der Waals surface area (Å²) in [5, 5.41) is 1.69. The van der Waals surface area contributed by atoms with Crippen LogP contribution in [0.1, 0.15) is 28.3 Å². The van der Waals surface area contributed by atoms with Gasteiger partial charge in [0.05, 0.1) is 6.04 Å². The van der Waals surface area contributed by atoms with Gasteiger partial charge in [-0.15, -0.1) is 11.3 Å². The number of thiophene rings is 1. The minimum Gasteiger partial charge on any atom is -0.344 e. The van der Waals surface area contributed by atoms with Crippen molar-refractivity contribution in [3.05, 3.63) is 21.4 Å². The Balaban J connectivity index is 2.86. The summed E-state index contributed by atoms with van der Waals surface area (Å²) in [6.07, 6.45) is -5.89. The fraction of sp³-hybridized carbons (Fsp3) is 0.545. The number of amides is 1. The van der Waals surface area contributed by atoms with Crippen molar-refractivity contribution in [3.63, 3.8) is 0 Å². The summed E-state index contributed by atoms with van der Waals surface area (Å²) < 4.78 is 61.6. The molecule has 1 aromatic rings. The molecule has 0 radical (unpaired) electrons. The van der Waals surface area contributed by atoms with E-state index in [4.69, 9.17) is 0 Å². The van der Waals surface area contributed by atoms with Crippen LogP contribution in [0.3, 0.4) is 0 Å². The van der Waals surface area contributed by atoms with Crippen LogP contribution in [0, 0.1) is 13.8 Å². The van der Waals surface area contributed by atoms with Gasteiger partial charge in [-0.1, -0.05) is 0 Å². The Morgan fingerprint density at radius 3 is 2.16 bits per heavy atom. The highest BCUT2D eigenvalue weighted by Gasteiger charge is 2.63. The number of hydrogen-bond donors (Lipinski definition) is 1. The van der Waals surface area contributed by atoms with Gasteiger partial charge in [0, 0.05) is 9.75 Å². The Bertz CT molecular complexity index is 480. The van der Waals surface area contributed by atoms with Crippen LogP contribution >= 0.6 is 11.3 Å². The van der Waals surface area contributed by atoms with Crippen molar-refractivity contribution in [2.45, 2.75) is 38.9 Å². The van der Waals surface area contributed by atoms with Crippen LogP contribution in [0.15, 0.2) is 6.07 Å². The van der Waals surface area contributed by atoms with Crippen molar-refractivity contribution in [2.75, 3.05) is 0 Å². The van der Waals surface area contributed by atoms with Crippen molar-refractivity contribution in [1.29, 1.82) is 0 Å². The second-order valence-corrected chi connectivity index (χ2v) is 5.60. The molecule has 8 heteroatoms. The molecule has 19 heavy (non-hydrogen) atoms. The van der Waals surface area contributed by atoms with Gasteiger partial charge in [-0.25, -0.2) is 0 Å². The minimum absolute atomic E-state index is 0.536. The third-order valence-corrected chi connectivity index (χ3v) is 3.52. The van der Waals surface area contributed by atoms with Crippen LogP contribution in [0.2, 0.25) is 0 Å². The molecule has 0 saturated carbocycles. The fourth-order valence-electron chi connectivity index (χ4n) is 1.57. The number of rotatable bonds is 3. The number of nitrogens with one attached hydrogen (secondary N) is 1. The van der Waals surface area contributed by atoms with Gasteiger partial charge >= 0.3 is 18.0 Å². The normalized spacial score (nSPS) is 14.3. The van der Waals surface area contributed by atoms with Gasteiger partial charge < -0.3 is 5.32 Å². The zero-order chi connectivity index (χ0) is 15.0. The molecule has 1 atom stereocenters. The number of hydrogen-bond acceptors (Lipinski definition) is 2. The molecule has 0 bridgehead atoms. The highest BCUT2D eigenvalue weighted by molar-refractivity contribution is 7.12. The van der Waals surface area contributed by atoms with Crippen LogP contribution in [0.25, 0.3) is 0 Å². The monoisotopic (exact) mass is 301 g/mol. The smallest absolute Gasteiger partial charge is 0.344 e. The van der Waals surface area contributed by atoms with Crippen molar-refractivity contribution in [1.82, 2.24) is 5.32 Å². The molecule has 0 aromatic carbocycles. The summed E-state index contributed by atoms with van der Waals surface area (Å²) in [5.74, 6) is -7.73. The van der Waals surface area contributed by atoms with Gasteiger partial charge in [-0.2, -0.15) is 22.0 Å². The number of carbonyl (C=O) groups excluding carboxylic acids is 1. The number of halogens is 5. The Labute approximate surface area is 110 Å². The lowest BCUT2D eigenvalue weighted by atomic mass is 10.1. The van der Waals surface area contributed by atoms with Crippen molar-refractivity contribution >= 4 is 17.2 Å². The van der Waals surface area contributed by atoms with Crippen LogP contribution in [0.4, 0.5) is 22.0 Å². The first-order valence-corrected chi connectivity index (χ1v) is 6.11. The number of alkyl halides is 5. The van der Waals surface area contributed by atoms with E-state index < -0.39 is 24.0 Å². The van der Waals surface area contributed by atoms with E-state index >= 15 is 0 Å². The summed E-state index contributed by atoms with van der Waals surface area (Å²) in [6.45, 7) is 4.84. The number of aryl methyl sites for hydroxylation is 2. The lowest BCUT2D eigenvalue weighted by Gasteiger charge is -2.21. The van der Waals surface area contributed by atoms with Gasteiger partial charge in [0.2, 0.25) is 0 Å². The van der Waals surface area contributed by atoms with Gasteiger partial charge in [0.25, 0.3) is 0 Å². The van der Waals surface area contributed by atoms with Crippen LogP contribution in [-0.4, -0.2) is 18.0 Å². The topological polar surface area (TPSA) is 29.1 Å². The predicted molar refractivity (Wildman–Crippen MR) is 61.4 cm³/mol. The third kappa shape index (κ3) is 3.23. The predicted octanol–water partition coefficient (Wildman–Crippen LogP) is 3.74. The van der Waals surface area contributed by atoms with Crippen LogP contribution < -0.4 is 5.32 Å². The van der Waals surface area contributed by atoms with Gasteiger partial charge in [-0.3, -0.25) is 4.79 Å². The summed E-state index contributed by atoms with van der Waals surface area (Å²) in [7, 11) is 0. The molecule has 0 fully saturated rings. The van der Waals surface area contributed by atoms with Gasteiger partial charge in [0.1, 0.15) is 0 Å². The van der Waals surface area contributed by atoms with Crippen LogP contribution in [0.5, 0.6) is 0 Å². The molecule has 0 saturated heterocycles. The molecule has 1 aromatic heterocycles. The average Bonchev–Trinajstić information content (AvgIpc) is 2.55. The Kier molecular flexibility index (Phi) is 4.23. The largest absolute Gasteiger partial charge is 0.463 e. The molecular formula is C11H12F5NOS. The first kappa shape index (κ1) is 15.9. The summed E-state index contributed by atoms with van der Waals surface area (Å²) in [4.78, 5) is 12.7. The zero-order valence-electron chi connectivity index (χ0n) is 10.4. The molecule has 0 aliphatic heterocycles. The standard InChI is InChI=1S/C11H12F5NOS/c1-5-4-8(7(3)19-5)6(2)17-9(18)10(12,13)11(14,15)16/h4,6H,1-3H3,(H,17,18). The molecule has 0 spiro atoms. The Hall–Kier alpha value is -1.18. The molecule has 1 rings (SSSR count). The second-order valence-electron chi connectivity index (χ2n) is 4.14. The SMILES string of the molecule is Cc1cc(C(C)NC(=O)C(F)(F)C(F)(F)F)c(C)s1. The first-order valence-electron chi connectivity index (χ1n) is 5.29. The second kappa shape index (κ2) is 5.07. The van der Waals surface area contributed by atoms with Crippen molar-refractivity contribution < 1.29 is 26.7 Å². The maximum atomic E-state index is 12.8. The van der Waals surface area contributed by atoms with E-state index in [1.165, 1.54) is 18.3 Å². The van der Waals surface area contributed by atoms with Crippen molar-refractivity contribution in [2.24, 2.45) is 0 Å². The Morgan fingerprint density at radius 1 is 1.26 bits per heavy atom. The van der Waals surface area contributed by atoms with Crippen molar-refractivity contribution in [3.8, 4) is 0 Å². The molecular weight excluding hydrogens is 289 g/mol. The zero-order valence-corrected chi connectivity index (χ0v) is 11.2. The van der Waals surface area contributed by atoms with E-state index in [2.05, 4.69) is 0 Å². The van der Waals surface area contributed by atoms with E-state index in [1.54, 1.807) is 25.2 Å². The fourth-order valence-corrected chi connectivity index (χ4v) is 2.60. The van der Waals surface area contributed by atoms with E-state index in [1.807, 2.05) is 0 Å². The average molecular weight is 301 g/mol. The Morgan fingerprint density at radius 2 is 1.79 bits per heavy atom. The van der Waals surface area contributed by atoms with E-state index in [0.717, 1.165) is 9.75 Å². The third-order valence-electron chi connectivity index (χ3n) is 2.53. The van der Waals surface area contributed by atoms with Crippen LogP contribution in [-0.2, 0) is 4.79 Å². The quantitative estimate of drug-likeness (QED) is 0.847. The summed E-state index contributed by atoms with van der Waals surface area (Å²) in [5.41, 5.74) is 0.536. The lowest BCUT2D eigenvalue weighted by molar-refractivity contribution is -0.270. The maximum Gasteiger partial charge on any atom is 0.463 e. The molecule has 1 N–H and O–H groups in total. The van der Waals surface area contributed by atoms with Gasteiger partial charge in [0.15, 0.2) is 0 Å². The molecule has 1 amide bonds. The highest BCUT2D eigenvalue weighted by atomic mass is 32.1. The maximum absolute atomic E-state index is 12.8. The van der Waals surface area contributed by atoms with E-state index in [-0.39, 0.29) is 0 Å². The molecule has 2 nitrogen and oxygen atoms in total. The molecule has 1 unspecified atom stereocenters. The van der Waals surface area contributed by atoms with Gasteiger partial charge in [-0.05, 0) is 32.4 Å². The molecule has 0 aliphatic carbocycles. The molecule has 1 heterocycles. The molecule has 108 valence electrons. The highest BCUT2D eigenvalue weighted by Crippen LogP contribution is 2.36. The lowest BCUT2D eigenvalue weighted by Crippen LogP contribution is -2.50.